The molecular weight excluding hydrogens is 178 g/mol. The summed E-state index contributed by atoms with van der Waals surface area (Å²) in [6.07, 6.45) is -0.760. The molecule has 0 radical (unpaired) electrons. The van der Waals surface area contributed by atoms with E-state index in [4.69, 9.17) is 17.5 Å². The summed E-state index contributed by atoms with van der Waals surface area (Å²) in [6.45, 7) is 0.0454. The molecule has 0 aliphatic heterocycles. The van der Waals surface area contributed by atoms with Gasteiger partial charge in [-0.25, -0.2) is 5.90 Å². The van der Waals surface area contributed by atoms with Gasteiger partial charge in [-0.2, -0.15) is 0 Å². The van der Waals surface area contributed by atoms with E-state index in [9.17, 15) is 5.11 Å². The average Bonchev–Trinajstić information content (AvgIpc) is 2.05. The van der Waals surface area contributed by atoms with Crippen LogP contribution in [0, 0.1) is 0 Å². The summed E-state index contributed by atoms with van der Waals surface area (Å²) in [7, 11) is 0. The van der Waals surface area contributed by atoms with E-state index in [1.54, 1.807) is 24.3 Å². The van der Waals surface area contributed by atoms with Gasteiger partial charge in [0.15, 0.2) is 0 Å². The van der Waals surface area contributed by atoms with Crippen molar-refractivity contribution in [1.82, 2.24) is 0 Å². The number of nitrogens with two attached hydrogens (primary N) is 1. The smallest absolute Gasteiger partial charge is 0.106 e. The molecule has 0 bridgehead atoms. The first-order chi connectivity index (χ1) is 5.75. The first kappa shape index (κ1) is 9.48. The van der Waals surface area contributed by atoms with Crippen LogP contribution in [0.2, 0.25) is 5.02 Å². The molecule has 1 atom stereocenters. The molecule has 66 valence electrons. The number of aliphatic hydroxyl groups excluding tert-OH is 1. The zero-order chi connectivity index (χ0) is 8.97. The fourth-order valence-electron chi connectivity index (χ4n) is 0.926. The zero-order valence-corrected chi connectivity index (χ0v) is 7.16. The van der Waals surface area contributed by atoms with Crippen molar-refractivity contribution in [3.05, 3.63) is 34.9 Å². The van der Waals surface area contributed by atoms with E-state index in [-0.39, 0.29) is 6.61 Å². The minimum Gasteiger partial charge on any atom is -0.386 e. The predicted molar refractivity (Wildman–Crippen MR) is 46.6 cm³/mol. The SMILES string of the molecule is NOCC(O)c1ccccc1Cl. The average molecular weight is 188 g/mol. The third-order valence-corrected chi connectivity index (χ3v) is 1.86. The first-order valence-electron chi connectivity index (χ1n) is 3.50. The van der Waals surface area contributed by atoms with Gasteiger partial charge < -0.3 is 9.94 Å². The molecule has 4 heteroatoms. The molecule has 0 aliphatic carbocycles. The van der Waals surface area contributed by atoms with E-state index < -0.39 is 6.10 Å². The quantitative estimate of drug-likeness (QED) is 0.701. The van der Waals surface area contributed by atoms with Gasteiger partial charge in [0.2, 0.25) is 0 Å². The van der Waals surface area contributed by atoms with Gasteiger partial charge >= 0.3 is 0 Å². The molecule has 1 aromatic rings. The van der Waals surface area contributed by atoms with Gasteiger partial charge in [-0.3, -0.25) is 0 Å². The number of halogens is 1. The van der Waals surface area contributed by atoms with Gasteiger partial charge in [0, 0.05) is 10.6 Å². The highest BCUT2D eigenvalue weighted by molar-refractivity contribution is 6.31. The lowest BCUT2D eigenvalue weighted by Gasteiger charge is -2.10. The molecule has 0 aliphatic rings. The Bertz CT molecular complexity index is 255. The van der Waals surface area contributed by atoms with Crippen LogP contribution in [-0.4, -0.2) is 11.7 Å². The highest BCUT2D eigenvalue weighted by Gasteiger charge is 2.09. The lowest BCUT2D eigenvalue weighted by molar-refractivity contribution is 0.0359. The van der Waals surface area contributed by atoms with Crippen molar-refractivity contribution >= 4 is 11.6 Å². The lowest BCUT2D eigenvalue weighted by Crippen LogP contribution is -2.10. The Hall–Kier alpha value is -0.610. The fourth-order valence-corrected chi connectivity index (χ4v) is 1.19. The molecule has 0 saturated carbocycles. The van der Waals surface area contributed by atoms with Crippen LogP contribution in [0.15, 0.2) is 24.3 Å². The summed E-state index contributed by atoms with van der Waals surface area (Å²) >= 11 is 5.80. The molecular formula is C8H10ClNO2. The Kier molecular flexibility index (Phi) is 3.49. The topological polar surface area (TPSA) is 55.5 Å². The first-order valence-corrected chi connectivity index (χ1v) is 3.87. The van der Waals surface area contributed by atoms with Gasteiger partial charge in [0.1, 0.15) is 6.10 Å². The largest absolute Gasteiger partial charge is 0.386 e. The van der Waals surface area contributed by atoms with Crippen LogP contribution in [-0.2, 0) is 4.84 Å². The van der Waals surface area contributed by atoms with Crippen molar-refractivity contribution < 1.29 is 9.94 Å². The standard InChI is InChI=1S/C8H10ClNO2/c9-7-4-2-1-3-6(7)8(11)5-12-10/h1-4,8,11H,5,10H2. The molecule has 0 saturated heterocycles. The highest BCUT2D eigenvalue weighted by atomic mass is 35.5. The van der Waals surface area contributed by atoms with Crippen molar-refractivity contribution in [3.8, 4) is 0 Å². The summed E-state index contributed by atoms with van der Waals surface area (Å²) in [4.78, 5) is 4.30. The second-order valence-electron chi connectivity index (χ2n) is 2.37. The van der Waals surface area contributed by atoms with Crippen LogP contribution in [0.5, 0.6) is 0 Å². The number of rotatable bonds is 3. The molecule has 0 aromatic heterocycles. The summed E-state index contributed by atoms with van der Waals surface area (Å²) in [5, 5.41) is 9.93. The van der Waals surface area contributed by atoms with Gasteiger partial charge in [-0.05, 0) is 6.07 Å². The van der Waals surface area contributed by atoms with Crippen LogP contribution in [0.4, 0.5) is 0 Å². The Morgan fingerprint density at radius 1 is 1.50 bits per heavy atom. The van der Waals surface area contributed by atoms with Crippen molar-refractivity contribution in [1.29, 1.82) is 0 Å². The molecule has 0 heterocycles. The number of hydrogen-bond acceptors (Lipinski definition) is 3. The third kappa shape index (κ3) is 2.19. The summed E-state index contributed by atoms with van der Waals surface area (Å²) in [5.41, 5.74) is 0.629. The molecule has 3 N–H and O–H groups in total. The molecule has 0 spiro atoms. The second kappa shape index (κ2) is 4.42. The number of aliphatic hydroxyl groups is 1. The monoisotopic (exact) mass is 187 g/mol. The molecule has 0 amide bonds. The van der Waals surface area contributed by atoms with Crippen molar-refractivity contribution in [3.63, 3.8) is 0 Å². The molecule has 12 heavy (non-hydrogen) atoms. The van der Waals surface area contributed by atoms with Gasteiger partial charge in [0.25, 0.3) is 0 Å². The number of benzene rings is 1. The van der Waals surface area contributed by atoms with Crippen LogP contribution in [0.3, 0.4) is 0 Å². The highest BCUT2D eigenvalue weighted by Crippen LogP contribution is 2.21. The van der Waals surface area contributed by atoms with E-state index >= 15 is 0 Å². The van der Waals surface area contributed by atoms with Crippen molar-refractivity contribution in [2.75, 3.05) is 6.61 Å². The van der Waals surface area contributed by atoms with E-state index in [0.717, 1.165) is 0 Å². The summed E-state index contributed by atoms with van der Waals surface area (Å²) in [5.74, 6) is 4.81. The van der Waals surface area contributed by atoms with Gasteiger partial charge in [-0.1, -0.05) is 29.8 Å². The Morgan fingerprint density at radius 2 is 2.17 bits per heavy atom. The molecule has 3 nitrogen and oxygen atoms in total. The normalized spacial score (nSPS) is 12.9. The summed E-state index contributed by atoms with van der Waals surface area (Å²) < 4.78 is 0. The Balaban J connectivity index is 2.79. The van der Waals surface area contributed by atoms with Gasteiger partial charge in [-0.15, -0.1) is 0 Å². The van der Waals surface area contributed by atoms with Crippen LogP contribution >= 0.6 is 11.6 Å². The maximum absolute atomic E-state index is 9.41. The maximum atomic E-state index is 9.41. The van der Waals surface area contributed by atoms with Crippen LogP contribution in [0.1, 0.15) is 11.7 Å². The Labute approximate surface area is 75.7 Å². The summed E-state index contributed by atoms with van der Waals surface area (Å²) in [6, 6.07) is 7.02. The fraction of sp³-hybridized carbons (Fsp3) is 0.250. The molecule has 0 fully saturated rings. The lowest BCUT2D eigenvalue weighted by atomic mass is 10.1. The van der Waals surface area contributed by atoms with Crippen LogP contribution < -0.4 is 5.90 Å². The predicted octanol–water partition coefficient (Wildman–Crippen LogP) is 1.26. The van der Waals surface area contributed by atoms with E-state index in [1.807, 2.05) is 0 Å². The second-order valence-corrected chi connectivity index (χ2v) is 2.78. The van der Waals surface area contributed by atoms with E-state index in [0.29, 0.717) is 10.6 Å². The zero-order valence-electron chi connectivity index (χ0n) is 6.40. The molecule has 1 aromatic carbocycles. The van der Waals surface area contributed by atoms with Crippen molar-refractivity contribution in [2.24, 2.45) is 5.90 Å². The Morgan fingerprint density at radius 3 is 2.75 bits per heavy atom. The van der Waals surface area contributed by atoms with Gasteiger partial charge in [0.05, 0.1) is 6.61 Å². The van der Waals surface area contributed by atoms with Crippen molar-refractivity contribution in [2.45, 2.75) is 6.10 Å². The minimum atomic E-state index is -0.760. The third-order valence-electron chi connectivity index (χ3n) is 1.52. The van der Waals surface area contributed by atoms with E-state index in [1.165, 1.54) is 0 Å². The maximum Gasteiger partial charge on any atom is 0.106 e. The number of hydrogen-bond donors (Lipinski definition) is 2. The van der Waals surface area contributed by atoms with Crippen LogP contribution in [0.25, 0.3) is 0 Å². The van der Waals surface area contributed by atoms with E-state index in [2.05, 4.69) is 4.84 Å². The minimum absolute atomic E-state index is 0.0454. The molecule has 1 unspecified atom stereocenters. The molecule has 1 rings (SSSR count).